The number of carbonyl (C=O) groups is 2. The Labute approximate surface area is 92.6 Å². The Morgan fingerprint density at radius 3 is 2.56 bits per heavy atom. The van der Waals surface area contributed by atoms with Crippen LogP contribution in [-0.2, 0) is 14.3 Å². The molecule has 84 valence electrons. The van der Waals surface area contributed by atoms with E-state index in [0.717, 1.165) is 37.5 Å². The number of ether oxygens (including phenoxy) is 1. The van der Waals surface area contributed by atoms with Gasteiger partial charge in [0, 0.05) is 12.2 Å². The van der Waals surface area contributed by atoms with Crippen LogP contribution < -0.4 is 0 Å². The van der Waals surface area contributed by atoms with E-state index in [2.05, 4.69) is 0 Å². The SMILES string of the molecule is N#CC=C/C(=C/C(=O)OC1CCC1)C(=O)O. The third-order valence-corrected chi connectivity index (χ3v) is 2.19. The first-order valence-electron chi connectivity index (χ1n) is 4.85. The number of esters is 1. The first kappa shape index (κ1) is 12.0. The highest BCUT2D eigenvalue weighted by Gasteiger charge is 2.21. The number of nitrogens with zero attached hydrogens (tertiary/aromatic N) is 1. The first-order valence-corrected chi connectivity index (χ1v) is 4.85. The number of aliphatic carboxylic acids is 1. The molecule has 1 aliphatic rings. The van der Waals surface area contributed by atoms with Crippen molar-refractivity contribution in [1.82, 2.24) is 0 Å². The molecule has 1 rings (SSSR count). The summed E-state index contributed by atoms with van der Waals surface area (Å²) in [6.07, 6.45) is 5.54. The van der Waals surface area contributed by atoms with E-state index in [9.17, 15) is 9.59 Å². The van der Waals surface area contributed by atoms with Gasteiger partial charge in [-0.2, -0.15) is 5.26 Å². The molecule has 16 heavy (non-hydrogen) atoms. The number of hydrogen-bond acceptors (Lipinski definition) is 4. The van der Waals surface area contributed by atoms with Crippen LogP contribution in [0.1, 0.15) is 19.3 Å². The van der Waals surface area contributed by atoms with Gasteiger partial charge in [-0.15, -0.1) is 0 Å². The van der Waals surface area contributed by atoms with E-state index < -0.39 is 11.9 Å². The molecule has 0 unspecified atom stereocenters. The summed E-state index contributed by atoms with van der Waals surface area (Å²) in [7, 11) is 0. The molecule has 1 saturated carbocycles. The Balaban J connectivity index is 2.61. The molecule has 0 amide bonds. The maximum absolute atomic E-state index is 11.2. The van der Waals surface area contributed by atoms with Crippen LogP contribution in [-0.4, -0.2) is 23.1 Å². The molecule has 1 fully saturated rings. The predicted octanol–water partition coefficient (Wildman–Crippen LogP) is 1.17. The summed E-state index contributed by atoms with van der Waals surface area (Å²) >= 11 is 0. The smallest absolute Gasteiger partial charge is 0.335 e. The Kier molecular flexibility index (Phi) is 4.28. The van der Waals surface area contributed by atoms with Crippen LogP contribution in [0.4, 0.5) is 0 Å². The van der Waals surface area contributed by atoms with E-state index >= 15 is 0 Å². The van der Waals surface area contributed by atoms with Gasteiger partial charge in [-0.1, -0.05) is 0 Å². The summed E-state index contributed by atoms with van der Waals surface area (Å²) in [6, 6.07) is 1.65. The second kappa shape index (κ2) is 5.71. The van der Waals surface area contributed by atoms with Gasteiger partial charge in [-0.25, -0.2) is 9.59 Å². The van der Waals surface area contributed by atoms with Gasteiger partial charge in [0.15, 0.2) is 0 Å². The topological polar surface area (TPSA) is 87.4 Å². The molecule has 0 aromatic carbocycles. The van der Waals surface area contributed by atoms with Crippen molar-refractivity contribution in [2.24, 2.45) is 0 Å². The van der Waals surface area contributed by atoms with Gasteiger partial charge in [-0.05, 0) is 25.3 Å². The molecule has 1 N–H and O–H groups in total. The van der Waals surface area contributed by atoms with E-state index in [-0.39, 0.29) is 11.7 Å². The summed E-state index contributed by atoms with van der Waals surface area (Å²) in [6.45, 7) is 0. The normalized spacial score (nSPS) is 16.6. The molecule has 5 heteroatoms. The highest BCUT2D eigenvalue weighted by Crippen LogP contribution is 2.22. The zero-order valence-corrected chi connectivity index (χ0v) is 8.55. The predicted molar refractivity (Wildman–Crippen MR) is 54.2 cm³/mol. The molecule has 0 atom stereocenters. The Morgan fingerprint density at radius 1 is 1.44 bits per heavy atom. The average Bonchev–Trinajstić information content (AvgIpc) is 2.18. The van der Waals surface area contributed by atoms with Crippen molar-refractivity contribution >= 4 is 11.9 Å². The fourth-order valence-corrected chi connectivity index (χ4v) is 1.12. The van der Waals surface area contributed by atoms with Crippen molar-refractivity contribution in [2.45, 2.75) is 25.4 Å². The zero-order chi connectivity index (χ0) is 12.0. The van der Waals surface area contributed by atoms with Gasteiger partial charge in [0.2, 0.25) is 0 Å². The molecule has 0 aliphatic heterocycles. The Bertz CT molecular complexity index is 385. The fourth-order valence-electron chi connectivity index (χ4n) is 1.12. The fraction of sp³-hybridized carbons (Fsp3) is 0.364. The summed E-state index contributed by atoms with van der Waals surface area (Å²) in [4.78, 5) is 21.9. The van der Waals surface area contributed by atoms with Crippen LogP contribution in [0.25, 0.3) is 0 Å². The third kappa shape index (κ3) is 3.58. The molecule has 1 aliphatic carbocycles. The van der Waals surface area contributed by atoms with Gasteiger partial charge < -0.3 is 9.84 Å². The standard InChI is InChI=1S/C11H11NO4/c12-6-2-3-8(11(14)15)7-10(13)16-9-4-1-5-9/h2-3,7,9H,1,4-5H2,(H,14,15)/b3-2?,8-7-. The minimum atomic E-state index is -1.27. The number of nitriles is 1. The van der Waals surface area contributed by atoms with E-state index in [0.29, 0.717) is 0 Å². The maximum atomic E-state index is 11.2. The second-order valence-corrected chi connectivity index (χ2v) is 3.36. The van der Waals surface area contributed by atoms with Crippen LogP contribution >= 0.6 is 0 Å². The number of carbonyl (C=O) groups excluding carboxylic acids is 1. The van der Waals surface area contributed by atoms with Crippen molar-refractivity contribution < 1.29 is 19.4 Å². The van der Waals surface area contributed by atoms with E-state index in [4.69, 9.17) is 15.1 Å². The van der Waals surface area contributed by atoms with Crippen LogP contribution in [0.5, 0.6) is 0 Å². The van der Waals surface area contributed by atoms with Crippen molar-refractivity contribution in [3.8, 4) is 6.07 Å². The van der Waals surface area contributed by atoms with Crippen molar-refractivity contribution in [3.63, 3.8) is 0 Å². The highest BCUT2D eigenvalue weighted by molar-refractivity contribution is 5.97. The summed E-state index contributed by atoms with van der Waals surface area (Å²) in [5.74, 6) is -1.94. The van der Waals surface area contributed by atoms with Gasteiger partial charge in [0.05, 0.1) is 11.6 Å². The largest absolute Gasteiger partial charge is 0.478 e. The molecule has 0 saturated heterocycles. The minimum Gasteiger partial charge on any atom is -0.478 e. The minimum absolute atomic E-state index is 0.0845. The van der Waals surface area contributed by atoms with E-state index in [1.54, 1.807) is 6.07 Å². The molecule has 0 bridgehead atoms. The lowest BCUT2D eigenvalue weighted by molar-refractivity contribution is -0.147. The molecule has 0 heterocycles. The van der Waals surface area contributed by atoms with Gasteiger partial charge in [-0.3, -0.25) is 0 Å². The molecule has 0 spiro atoms. The van der Waals surface area contributed by atoms with Crippen LogP contribution in [0.3, 0.4) is 0 Å². The van der Waals surface area contributed by atoms with Crippen LogP contribution in [0, 0.1) is 11.3 Å². The van der Waals surface area contributed by atoms with Crippen LogP contribution in [0.2, 0.25) is 0 Å². The molecular weight excluding hydrogens is 210 g/mol. The van der Waals surface area contributed by atoms with Gasteiger partial charge in [0.1, 0.15) is 6.10 Å². The molecular formula is C11H11NO4. The quantitative estimate of drug-likeness (QED) is 0.333. The lowest BCUT2D eigenvalue weighted by atomic mass is 9.96. The Hall–Kier alpha value is -2.09. The molecule has 0 aromatic rings. The van der Waals surface area contributed by atoms with Gasteiger partial charge >= 0.3 is 11.9 Å². The van der Waals surface area contributed by atoms with Crippen LogP contribution in [0.15, 0.2) is 23.8 Å². The zero-order valence-electron chi connectivity index (χ0n) is 8.55. The number of allylic oxidation sites excluding steroid dienone is 1. The maximum Gasteiger partial charge on any atom is 0.335 e. The summed E-state index contributed by atoms with van der Waals surface area (Å²) < 4.78 is 4.95. The van der Waals surface area contributed by atoms with Crippen molar-refractivity contribution in [2.75, 3.05) is 0 Å². The molecule has 0 radical (unpaired) electrons. The number of rotatable bonds is 4. The summed E-state index contributed by atoms with van der Waals surface area (Å²) in [5, 5.41) is 17.0. The lowest BCUT2D eigenvalue weighted by Gasteiger charge is -2.24. The first-order chi connectivity index (χ1) is 7.63. The summed E-state index contributed by atoms with van der Waals surface area (Å²) in [5.41, 5.74) is -0.258. The third-order valence-electron chi connectivity index (χ3n) is 2.19. The molecule has 0 aromatic heterocycles. The number of hydrogen-bond donors (Lipinski definition) is 1. The van der Waals surface area contributed by atoms with Gasteiger partial charge in [0.25, 0.3) is 0 Å². The number of carboxylic acid groups (broad SMARTS) is 1. The Morgan fingerprint density at radius 2 is 2.12 bits per heavy atom. The highest BCUT2D eigenvalue weighted by atomic mass is 16.5. The monoisotopic (exact) mass is 221 g/mol. The number of carboxylic acids is 1. The lowest BCUT2D eigenvalue weighted by Crippen LogP contribution is -2.24. The molecule has 5 nitrogen and oxygen atoms in total. The van der Waals surface area contributed by atoms with E-state index in [1.807, 2.05) is 0 Å². The second-order valence-electron chi connectivity index (χ2n) is 3.36. The van der Waals surface area contributed by atoms with Crippen molar-refractivity contribution in [1.29, 1.82) is 5.26 Å². The van der Waals surface area contributed by atoms with Crippen molar-refractivity contribution in [3.05, 3.63) is 23.8 Å². The van der Waals surface area contributed by atoms with E-state index in [1.165, 1.54) is 0 Å². The average molecular weight is 221 g/mol.